The number of methoxy groups -OCH3 is 1. The standard InChI is InChI=1S/C21H29N5O3/c1-26(12-19(28)23-16-7-4-8-18(16)27)21-14-5-3-6-15(14)24-20(25-21)17-11-13(29-2)9-10-22-17/h9-11,16,18-19,23,27-28H,3-8,12H2,1-2H3/t16-,18-,19?/m0/s1. The van der Waals surface area contributed by atoms with Gasteiger partial charge in [0.2, 0.25) is 0 Å². The Labute approximate surface area is 171 Å². The summed E-state index contributed by atoms with van der Waals surface area (Å²) in [5.41, 5.74) is 2.86. The largest absolute Gasteiger partial charge is 0.497 e. The van der Waals surface area contributed by atoms with Crippen LogP contribution < -0.4 is 15.0 Å². The highest BCUT2D eigenvalue weighted by Gasteiger charge is 2.28. The number of fused-ring (bicyclic) bond motifs is 1. The van der Waals surface area contributed by atoms with Crippen LogP contribution in [0.4, 0.5) is 5.82 Å². The van der Waals surface area contributed by atoms with E-state index in [4.69, 9.17) is 14.7 Å². The molecule has 2 aliphatic carbocycles. The SMILES string of the molecule is COc1ccnc(-c2nc3c(c(N(C)CC(O)N[C@H]4CCC[C@@H]4O)n2)CCC3)c1. The topological polar surface area (TPSA) is 104 Å². The summed E-state index contributed by atoms with van der Waals surface area (Å²) >= 11 is 0. The molecule has 156 valence electrons. The molecule has 2 aromatic heterocycles. The minimum atomic E-state index is -0.747. The Hall–Kier alpha value is -2.29. The maximum Gasteiger partial charge on any atom is 0.180 e. The van der Waals surface area contributed by atoms with Crippen molar-refractivity contribution in [1.82, 2.24) is 20.3 Å². The van der Waals surface area contributed by atoms with E-state index in [2.05, 4.69) is 10.3 Å². The van der Waals surface area contributed by atoms with Gasteiger partial charge in [-0.05, 0) is 44.6 Å². The van der Waals surface area contributed by atoms with Crippen LogP contribution in [-0.4, -0.2) is 64.2 Å². The predicted molar refractivity (Wildman–Crippen MR) is 110 cm³/mol. The fourth-order valence-corrected chi connectivity index (χ4v) is 4.28. The third-order valence-corrected chi connectivity index (χ3v) is 5.80. The molecule has 0 aromatic carbocycles. The van der Waals surface area contributed by atoms with Gasteiger partial charge in [-0.3, -0.25) is 10.3 Å². The summed E-state index contributed by atoms with van der Waals surface area (Å²) in [5.74, 6) is 2.11. The first-order valence-electron chi connectivity index (χ1n) is 10.3. The molecule has 2 aromatic rings. The molecule has 2 heterocycles. The Kier molecular flexibility index (Phi) is 5.94. The average molecular weight is 399 g/mol. The Bertz CT molecular complexity index is 862. The van der Waals surface area contributed by atoms with Crippen LogP contribution in [-0.2, 0) is 12.8 Å². The molecule has 0 amide bonds. The number of nitrogens with one attached hydrogen (secondary N) is 1. The summed E-state index contributed by atoms with van der Waals surface area (Å²) < 4.78 is 5.30. The van der Waals surface area contributed by atoms with Crippen molar-refractivity contribution in [3.8, 4) is 17.3 Å². The number of rotatable bonds is 7. The van der Waals surface area contributed by atoms with E-state index in [-0.39, 0.29) is 12.1 Å². The molecule has 8 nitrogen and oxygen atoms in total. The van der Waals surface area contributed by atoms with E-state index in [0.717, 1.165) is 55.6 Å². The second kappa shape index (κ2) is 8.61. The van der Waals surface area contributed by atoms with Crippen molar-refractivity contribution in [3.63, 3.8) is 0 Å². The van der Waals surface area contributed by atoms with E-state index in [0.29, 0.717) is 23.8 Å². The summed E-state index contributed by atoms with van der Waals surface area (Å²) in [7, 11) is 3.55. The molecule has 3 N–H and O–H groups in total. The monoisotopic (exact) mass is 399 g/mol. The van der Waals surface area contributed by atoms with Crippen molar-refractivity contribution in [1.29, 1.82) is 0 Å². The van der Waals surface area contributed by atoms with Crippen LogP contribution in [0.5, 0.6) is 5.75 Å². The Morgan fingerprint density at radius 2 is 2.14 bits per heavy atom. The van der Waals surface area contributed by atoms with Crippen molar-refractivity contribution in [3.05, 3.63) is 29.6 Å². The minimum absolute atomic E-state index is 0.0499. The fourth-order valence-electron chi connectivity index (χ4n) is 4.28. The van der Waals surface area contributed by atoms with Gasteiger partial charge < -0.3 is 19.8 Å². The first-order chi connectivity index (χ1) is 14.0. The summed E-state index contributed by atoms with van der Waals surface area (Å²) in [6.45, 7) is 0.373. The van der Waals surface area contributed by atoms with Crippen LogP contribution in [0, 0.1) is 0 Å². The zero-order valence-electron chi connectivity index (χ0n) is 17.0. The van der Waals surface area contributed by atoms with Gasteiger partial charge in [0.15, 0.2) is 5.82 Å². The van der Waals surface area contributed by atoms with Crippen LogP contribution in [0.15, 0.2) is 18.3 Å². The quantitative estimate of drug-likeness (QED) is 0.599. The first kappa shape index (κ1) is 20.0. The highest BCUT2D eigenvalue weighted by molar-refractivity contribution is 5.59. The van der Waals surface area contributed by atoms with E-state index in [1.165, 1.54) is 0 Å². The smallest absolute Gasteiger partial charge is 0.180 e. The van der Waals surface area contributed by atoms with E-state index in [1.807, 2.05) is 18.0 Å². The summed E-state index contributed by atoms with van der Waals surface area (Å²) in [6, 6.07) is 3.58. The van der Waals surface area contributed by atoms with Gasteiger partial charge in [-0.2, -0.15) is 0 Å². The highest BCUT2D eigenvalue weighted by Crippen LogP contribution is 2.31. The maximum atomic E-state index is 10.5. The van der Waals surface area contributed by atoms with Crippen molar-refractivity contribution < 1.29 is 14.9 Å². The molecule has 2 aliphatic rings. The second-order valence-corrected chi connectivity index (χ2v) is 7.90. The molecule has 8 heteroatoms. The molecule has 3 atom stereocenters. The third kappa shape index (κ3) is 4.34. The number of aryl methyl sites for hydroxylation is 1. The van der Waals surface area contributed by atoms with Crippen LogP contribution >= 0.6 is 0 Å². The zero-order valence-corrected chi connectivity index (χ0v) is 17.0. The van der Waals surface area contributed by atoms with Crippen molar-refractivity contribution in [2.24, 2.45) is 0 Å². The molecule has 29 heavy (non-hydrogen) atoms. The lowest BCUT2D eigenvalue weighted by Crippen LogP contribution is -2.47. The first-order valence-corrected chi connectivity index (χ1v) is 10.3. The fraction of sp³-hybridized carbons (Fsp3) is 0.571. The van der Waals surface area contributed by atoms with E-state index < -0.39 is 6.23 Å². The molecule has 0 radical (unpaired) electrons. The van der Waals surface area contributed by atoms with Crippen molar-refractivity contribution in [2.75, 3.05) is 25.6 Å². The van der Waals surface area contributed by atoms with Crippen molar-refractivity contribution in [2.45, 2.75) is 56.9 Å². The summed E-state index contributed by atoms with van der Waals surface area (Å²) in [5, 5.41) is 23.7. The zero-order chi connectivity index (χ0) is 20.4. The summed E-state index contributed by atoms with van der Waals surface area (Å²) in [6.07, 6.45) is 6.12. The molecule has 0 saturated heterocycles. The number of pyridine rings is 1. The van der Waals surface area contributed by atoms with E-state index >= 15 is 0 Å². The highest BCUT2D eigenvalue weighted by atomic mass is 16.5. The Balaban J connectivity index is 1.56. The lowest BCUT2D eigenvalue weighted by Gasteiger charge is -2.27. The van der Waals surface area contributed by atoms with E-state index in [9.17, 15) is 10.2 Å². The molecular weight excluding hydrogens is 370 g/mol. The number of aromatic nitrogens is 3. The predicted octanol–water partition coefficient (Wildman–Crippen LogP) is 1.29. The van der Waals surface area contributed by atoms with Crippen molar-refractivity contribution >= 4 is 5.82 Å². The number of likely N-dealkylation sites (N-methyl/N-ethyl adjacent to an activating group) is 1. The van der Waals surface area contributed by atoms with Crippen LogP contribution in [0.25, 0.3) is 11.5 Å². The van der Waals surface area contributed by atoms with Crippen LogP contribution in [0.2, 0.25) is 0 Å². The molecular formula is C21H29N5O3. The molecule has 4 rings (SSSR count). The van der Waals surface area contributed by atoms with Gasteiger partial charge in [-0.25, -0.2) is 9.97 Å². The lowest BCUT2D eigenvalue weighted by molar-refractivity contribution is 0.0830. The Morgan fingerprint density at radius 3 is 2.90 bits per heavy atom. The number of ether oxygens (including phenoxy) is 1. The van der Waals surface area contributed by atoms with Crippen LogP contribution in [0.3, 0.4) is 0 Å². The van der Waals surface area contributed by atoms with E-state index in [1.54, 1.807) is 19.4 Å². The van der Waals surface area contributed by atoms with Gasteiger partial charge in [0.25, 0.3) is 0 Å². The third-order valence-electron chi connectivity index (χ3n) is 5.80. The maximum absolute atomic E-state index is 10.5. The number of anilines is 1. The average Bonchev–Trinajstić information content (AvgIpc) is 3.36. The molecule has 1 fully saturated rings. The second-order valence-electron chi connectivity index (χ2n) is 7.90. The number of hydrogen-bond donors (Lipinski definition) is 3. The van der Waals surface area contributed by atoms with Gasteiger partial charge in [0.05, 0.1) is 19.8 Å². The molecule has 0 spiro atoms. The number of hydrogen-bond acceptors (Lipinski definition) is 8. The number of aliphatic hydroxyl groups excluding tert-OH is 2. The Morgan fingerprint density at radius 1 is 1.28 bits per heavy atom. The summed E-state index contributed by atoms with van der Waals surface area (Å²) in [4.78, 5) is 15.9. The molecule has 1 saturated carbocycles. The molecule has 0 bridgehead atoms. The van der Waals surface area contributed by atoms with Gasteiger partial charge >= 0.3 is 0 Å². The molecule has 0 aliphatic heterocycles. The number of aliphatic hydroxyl groups is 2. The number of nitrogens with zero attached hydrogens (tertiary/aromatic N) is 4. The van der Waals surface area contributed by atoms with Crippen LogP contribution in [0.1, 0.15) is 36.9 Å². The lowest BCUT2D eigenvalue weighted by atomic mass is 10.2. The van der Waals surface area contributed by atoms with Gasteiger partial charge in [-0.15, -0.1) is 0 Å². The van der Waals surface area contributed by atoms with Gasteiger partial charge in [-0.1, -0.05) is 0 Å². The van der Waals surface area contributed by atoms with Gasteiger partial charge in [0, 0.05) is 36.6 Å². The van der Waals surface area contributed by atoms with Gasteiger partial charge in [0.1, 0.15) is 23.5 Å². The molecule has 1 unspecified atom stereocenters. The minimum Gasteiger partial charge on any atom is -0.497 e. The normalized spacial score (nSPS) is 21.8.